The van der Waals surface area contributed by atoms with Gasteiger partial charge in [0, 0.05) is 17.8 Å². The highest BCUT2D eigenvalue weighted by Crippen LogP contribution is 2.24. The molecule has 0 bridgehead atoms. The SMILES string of the molecule is CC(=O)c1c(C)cc(C)c(CN(C)CC(=O)Nc2c(C)cccc2C)c1C. The van der Waals surface area contributed by atoms with Crippen LogP contribution >= 0.6 is 0 Å². The van der Waals surface area contributed by atoms with Crippen LogP contribution in [-0.4, -0.2) is 30.2 Å². The van der Waals surface area contributed by atoms with Gasteiger partial charge in [0.25, 0.3) is 0 Å². The van der Waals surface area contributed by atoms with E-state index in [1.165, 1.54) is 0 Å². The van der Waals surface area contributed by atoms with Gasteiger partial charge in [-0.25, -0.2) is 0 Å². The van der Waals surface area contributed by atoms with Gasteiger partial charge in [0.1, 0.15) is 0 Å². The Hall–Kier alpha value is -2.46. The minimum atomic E-state index is -0.0379. The molecule has 0 aliphatic heterocycles. The van der Waals surface area contributed by atoms with E-state index in [9.17, 15) is 9.59 Å². The number of para-hydroxylation sites is 1. The molecule has 4 nitrogen and oxygen atoms in total. The molecule has 0 aliphatic rings. The Labute approximate surface area is 162 Å². The summed E-state index contributed by atoms with van der Waals surface area (Å²) in [5.41, 5.74) is 8.09. The lowest BCUT2D eigenvalue weighted by Gasteiger charge is -2.22. The van der Waals surface area contributed by atoms with E-state index < -0.39 is 0 Å². The summed E-state index contributed by atoms with van der Waals surface area (Å²) in [6.07, 6.45) is 0. The number of rotatable bonds is 6. The summed E-state index contributed by atoms with van der Waals surface area (Å²) >= 11 is 0. The van der Waals surface area contributed by atoms with Crippen molar-refractivity contribution >= 4 is 17.4 Å². The third kappa shape index (κ3) is 4.83. The second kappa shape index (κ2) is 8.49. The molecule has 2 rings (SSSR count). The van der Waals surface area contributed by atoms with Crippen molar-refractivity contribution < 1.29 is 9.59 Å². The molecular weight excluding hydrogens is 336 g/mol. The molecule has 0 heterocycles. The first-order valence-electron chi connectivity index (χ1n) is 9.27. The van der Waals surface area contributed by atoms with Crippen LogP contribution in [0.1, 0.15) is 50.7 Å². The first-order chi connectivity index (χ1) is 12.6. The number of carbonyl (C=O) groups is 2. The second-order valence-corrected chi connectivity index (χ2v) is 7.53. The number of nitrogens with zero attached hydrogens (tertiary/aromatic N) is 1. The Morgan fingerprint density at radius 3 is 2.11 bits per heavy atom. The lowest BCUT2D eigenvalue weighted by atomic mass is 9.91. The van der Waals surface area contributed by atoms with Gasteiger partial charge in [-0.2, -0.15) is 0 Å². The van der Waals surface area contributed by atoms with Gasteiger partial charge < -0.3 is 5.32 Å². The maximum atomic E-state index is 12.5. The quantitative estimate of drug-likeness (QED) is 0.766. The van der Waals surface area contributed by atoms with E-state index in [4.69, 9.17) is 0 Å². The third-order valence-corrected chi connectivity index (χ3v) is 5.07. The predicted octanol–water partition coefficient (Wildman–Crippen LogP) is 4.50. The molecule has 0 spiro atoms. The lowest BCUT2D eigenvalue weighted by Crippen LogP contribution is -2.31. The Kier molecular flexibility index (Phi) is 6.55. The molecule has 0 saturated heterocycles. The van der Waals surface area contributed by atoms with Crippen LogP contribution in [0, 0.1) is 34.6 Å². The van der Waals surface area contributed by atoms with Gasteiger partial charge in [-0.1, -0.05) is 24.3 Å². The first kappa shape index (κ1) is 20.8. The Morgan fingerprint density at radius 2 is 1.56 bits per heavy atom. The molecule has 4 heteroatoms. The number of carbonyl (C=O) groups excluding carboxylic acids is 2. The van der Waals surface area contributed by atoms with Crippen LogP contribution in [0.15, 0.2) is 24.3 Å². The fraction of sp³-hybridized carbons (Fsp3) is 0.391. The minimum absolute atomic E-state index is 0.0379. The monoisotopic (exact) mass is 366 g/mol. The number of hydrogen-bond donors (Lipinski definition) is 1. The zero-order valence-electron chi connectivity index (χ0n) is 17.5. The molecule has 0 radical (unpaired) electrons. The molecular formula is C23H30N2O2. The maximum Gasteiger partial charge on any atom is 0.238 e. The fourth-order valence-electron chi connectivity index (χ4n) is 3.77. The Balaban J connectivity index is 2.14. The molecule has 27 heavy (non-hydrogen) atoms. The predicted molar refractivity (Wildman–Crippen MR) is 112 cm³/mol. The largest absolute Gasteiger partial charge is 0.324 e. The van der Waals surface area contributed by atoms with Gasteiger partial charge >= 0.3 is 0 Å². The molecule has 1 amide bonds. The van der Waals surface area contributed by atoms with Crippen molar-refractivity contribution in [1.82, 2.24) is 4.90 Å². The van der Waals surface area contributed by atoms with Gasteiger partial charge in [0.2, 0.25) is 5.91 Å². The van der Waals surface area contributed by atoms with Crippen LogP contribution in [0.3, 0.4) is 0 Å². The van der Waals surface area contributed by atoms with Gasteiger partial charge in [0.15, 0.2) is 5.78 Å². The fourth-order valence-corrected chi connectivity index (χ4v) is 3.77. The second-order valence-electron chi connectivity index (χ2n) is 7.53. The summed E-state index contributed by atoms with van der Waals surface area (Å²) in [5, 5.41) is 3.03. The maximum absolute atomic E-state index is 12.5. The van der Waals surface area contributed by atoms with E-state index in [2.05, 4.69) is 18.3 Å². The number of anilines is 1. The molecule has 0 aliphatic carbocycles. The van der Waals surface area contributed by atoms with Crippen molar-refractivity contribution in [1.29, 1.82) is 0 Å². The Bertz CT molecular complexity index is 864. The van der Waals surface area contributed by atoms with Crippen molar-refractivity contribution in [3.63, 3.8) is 0 Å². The number of ketones is 1. The number of nitrogens with one attached hydrogen (secondary N) is 1. The van der Waals surface area contributed by atoms with Crippen LogP contribution in [0.5, 0.6) is 0 Å². The third-order valence-electron chi connectivity index (χ3n) is 5.07. The number of hydrogen-bond acceptors (Lipinski definition) is 3. The summed E-state index contributed by atoms with van der Waals surface area (Å²) in [4.78, 5) is 26.5. The first-order valence-corrected chi connectivity index (χ1v) is 9.27. The average molecular weight is 367 g/mol. The van der Waals surface area contributed by atoms with E-state index in [0.29, 0.717) is 6.54 Å². The Morgan fingerprint density at radius 1 is 0.963 bits per heavy atom. The normalized spacial score (nSPS) is 11.0. The van der Waals surface area contributed by atoms with Crippen LogP contribution in [0.25, 0.3) is 0 Å². The highest BCUT2D eigenvalue weighted by Gasteiger charge is 2.17. The minimum Gasteiger partial charge on any atom is -0.324 e. The van der Waals surface area contributed by atoms with E-state index in [1.54, 1.807) is 6.92 Å². The van der Waals surface area contributed by atoms with E-state index >= 15 is 0 Å². The number of amides is 1. The molecule has 0 saturated carbocycles. The molecule has 0 fully saturated rings. The number of Topliss-reactive ketones (excluding diaryl/α,β-unsaturated/α-hetero) is 1. The molecule has 2 aromatic rings. The summed E-state index contributed by atoms with van der Waals surface area (Å²) in [6, 6.07) is 8.04. The standard InChI is InChI=1S/C23H30N2O2/c1-14-9-8-10-15(2)23(14)24-21(27)13-25(7)12-20-16(3)11-17(4)22(18(20)5)19(6)26/h8-11H,12-13H2,1-7H3,(H,24,27). The van der Waals surface area contributed by atoms with Crippen molar-refractivity contribution in [2.75, 3.05) is 18.9 Å². The molecule has 2 aromatic carbocycles. The van der Waals surface area contributed by atoms with Crippen LogP contribution in [-0.2, 0) is 11.3 Å². The van der Waals surface area contributed by atoms with E-state index in [-0.39, 0.29) is 18.2 Å². The van der Waals surface area contributed by atoms with E-state index in [1.807, 2.05) is 57.8 Å². The van der Waals surface area contributed by atoms with Crippen molar-refractivity contribution in [2.24, 2.45) is 0 Å². The van der Waals surface area contributed by atoms with Gasteiger partial charge in [0.05, 0.1) is 6.54 Å². The summed E-state index contributed by atoms with van der Waals surface area (Å²) in [5.74, 6) is 0.0470. The zero-order valence-corrected chi connectivity index (χ0v) is 17.5. The van der Waals surface area contributed by atoms with Crippen molar-refractivity contribution in [2.45, 2.75) is 48.1 Å². The molecule has 144 valence electrons. The molecule has 0 aromatic heterocycles. The lowest BCUT2D eigenvalue weighted by molar-refractivity contribution is -0.117. The highest BCUT2D eigenvalue weighted by molar-refractivity contribution is 5.97. The topological polar surface area (TPSA) is 49.4 Å². The average Bonchev–Trinajstić information content (AvgIpc) is 2.54. The van der Waals surface area contributed by atoms with Gasteiger partial charge in [-0.15, -0.1) is 0 Å². The smallest absolute Gasteiger partial charge is 0.238 e. The molecule has 0 unspecified atom stereocenters. The van der Waals surface area contributed by atoms with Crippen LogP contribution in [0.2, 0.25) is 0 Å². The van der Waals surface area contributed by atoms with Crippen molar-refractivity contribution in [3.8, 4) is 0 Å². The zero-order chi connectivity index (χ0) is 20.3. The number of aryl methyl sites for hydroxylation is 4. The summed E-state index contributed by atoms with van der Waals surface area (Å²) in [7, 11) is 1.93. The number of likely N-dealkylation sites (N-methyl/N-ethyl adjacent to an activating group) is 1. The molecule has 1 N–H and O–H groups in total. The van der Waals surface area contributed by atoms with E-state index in [0.717, 1.165) is 44.6 Å². The van der Waals surface area contributed by atoms with Gasteiger partial charge in [-0.3, -0.25) is 14.5 Å². The van der Waals surface area contributed by atoms with Crippen LogP contribution < -0.4 is 5.32 Å². The number of benzene rings is 2. The molecule has 0 atom stereocenters. The van der Waals surface area contributed by atoms with Crippen LogP contribution in [0.4, 0.5) is 5.69 Å². The summed E-state index contributed by atoms with van der Waals surface area (Å²) in [6.45, 7) is 12.5. The van der Waals surface area contributed by atoms with Gasteiger partial charge in [-0.05, 0) is 82.0 Å². The summed E-state index contributed by atoms with van der Waals surface area (Å²) < 4.78 is 0. The highest BCUT2D eigenvalue weighted by atomic mass is 16.2. The van der Waals surface area contributed by atoms with Crippen molar-refractivity contribution in [3.05, 3.63) is 63.2 Å².